The molecule has 0 aromatic rings. The lowest BCUT2D eigenvalue weighted by Crippen LogP contribution is -2.10. The zero-order valence-corrected chi connectivity index (χ0v) is 17.4. The minimum Gasteiger partial charge on any atom is -0.0883 e. The van der Waals surface area contributed by atoms with Crippen LogP contribution in [0.15, 0.2) is 12.2 Å². The van der Waals surface area contributed by atoms with Gasteiger partial charge in [-0.25, -0.2) is 0 Å². The average Bonchev–Trinajstić information content (AvgIpc) is 2.56. The molecule has 24 heavy (non-hydrogen) atoms. The van der Waals surface area contributed by atoms with Gasteiger partial charge in [-0.2, -0.15) is 0 Å². The summed E-state index contributed by atoms with van der Waals surface area (Å²) < 4.78 is 0. The minimum absolute atomic E-state index is 0.857. The zero-order valence-electron chi connectivity index (χ0n) is 17.4. The van der Waals surface area contributed by atoms with Crippen LogP contribution in [-0.4, -0.2) is 0 Å². The number of unbranched alkanes of at least 4 members (excludes halogenated alkanes) is 2. The Hall–Kier alpha value is -0.260. The van der Waals surface area contributed by atoms with Crippen LogP contribution in [0.2, 0.25) is 0 Å². The van der Waals surface area contributed by atoms with Crippen LogP contribution in [-0.2, 0) is 0 Å². The van der Waals surface area contributed by atoms with Crippen molar-refractivity contribution in [2.75, 3.05) is 0 Å². The molecule has 0 fully saturated rings. The lowest BCUT2D eigenvalue weighted by Gasteiger charge is -2.23. The summed E-state index contributed by atoms with van der Waals surface area (Å²) in [5.74, 6) is 3.67. The van der Waals surface area contributed by atoms with Crippen LogP contribution in [0.4, 0.5) is 0 Å². The van der Waals surface area contributed by atoms with E-state index < -0.39 is 0 Å². The largest absolute Gasteiger partial charge is 0.0883 e. The van der Waals surface area contributed by atoms with E-state index in [1.54, 1.807) is 0 Å². The molecule has 4 unspecified atom stereocenters. The smallest absolute Gasteiger partial charge is 0.0231 e. The maximum Gasteiger partial charge on any atom is -0.0231 e. The molecule has 0 amide bonds. The number of allylic oxidation sites excluding steroid dienone is 2. The fraction of sp³-hybridized carbons (Fsp3) is 0.917. The van der Waals surface area contributed by atoms with Crippen LogP contribution >= 0.6 is 0 Å². The topological polar surface area (TPSA) is 0 Å². The Balaban J connectivity index is 2.51. The van der Waals surface area contributed by atoms with E-state index in [1.165, 1.54) is 89.9 Å². The van der Waals surface area contributed by atoms with E-state index in [-0.39, 0.29) is 0 Å². The van der Waals surface area contributed by atoms with E-state index in [1.807, 2.05) is 0 Å². The summed E-state index contributed by atoms with van der Waals surface area (Å²) in [5, 5.41) is 0. The van der Waals surface area contributed by atoms with Gasteiger partial charge >= 0.3 is 0 Å². The third-order valence-electron chi connectivity index (χ3n) is 6.44. The summed E-state index contributed by atoms with van der Waals surface area (Å²) in [7, 11) is 0. The highest BCUT2D eigenvalue weighted by Crippen LogP contribution is 2.30. The van der Waals surface area contributed by atoms with Crippen LogP contribution in [0, 0.1) is 23.7 Å². The molecule has 1 rings (SSSR count). The van der Waals surface area contributed by atoms with Gasteiger partial charge in [0.25, 0.3) is 0 Å². The number of hydrogen-bond donors (Lipinski definition) is 0. The molecule has 4 atom stereocenters. The number of rotatable bonds is 8. The van der Waals surface area contributed by atoms with Gasteiger partial charge in [-0.15, -0.1) is 0 Å². The second-order valence-electron chi connectivity index (χ2n) is 8.74. The van der Waals surface area contributed by atoms with Crippen molar-refractivity contribution in [1.82, 2.24) is 0 Å². The molecular formula is C24H46. The molecule has 0 heterocycles. The van der Waals surface area contributed by atoms with E-state index in [2.05, 4.69) is 39.8 Å². The lowest BCUT2D eigenvalue weighted by atomic mass is 9.82. The van der Waals surface area contributed by atoms with Crippen LogP contribution in [0.5, 0.6) is 0 Å². The molecule has 0 radical (unpaired) electrons. The zero-order chi connectivity index (χ0) is 17.6. The van der Waals surface area contributed by atoms with Gasteiger partial charge in [0.15, 0.2) is 0 Å². The second kappa shape index (κ2) is 14.0. The van der Waals surface area contributed by atoms with Crippen LogP contribution in [0.1, 0.15) is 118 Å². The lowest BCUT2D eigenvalue weighted by molar-refractivity contribution is 0.310. The first-order valence-electron chi connectivity index (χ1n) is 11.3. The first-order chi connectivity index (χ1) is 11.7. The highest BCUT2D eigenvalue weighted by Gasteiger charge is 2.16. The molecule has 0 aromatic carbocycles. The van der Waals surface area contributed by atoms with Crippen molar-refractivity contribution in [2.45, 2.75) is 118 Å². The van der Waals surface area contributed by atoms with Crippen LogP contribution in [0.25, 0.3) is 0 Å². The summed E-state index contributed by atoms with van der Waals surface area (Å²) in [6.45, 7) is 9.64. The van der Waals surface area contributed by atoms with Gasteiger partial charge in [0, 0.05) is 0 Å². The molecule has 0 bridgehead atoms. The van der Waals surface area contributed by atoms with Gasteiger partial charge in [-0.05, 0) is 49.4 Å². The summed E-state index contributed by atoms with van der Waals surface area (Å²) in [5.41, 5.74) is 0. The molecule has 0 saturated heterocycles. The molecule has 0 heteroatoms. The van der Waals surface area contributed by atoms with Crippen molar-refractivity contribution in [3.05, 3.63) is 12.2 Å². The van der Waals surface area contributed by atoms with Gasteiger partial charge in [0.1, 0.15) is 0 Å². The van der Waals surface area contributed by atoms with E-state index in [9.17, 15) is 0 Å². The molecule has 0 N–H and O–H groups in total. The second-order valence-corrected chi connectivity index (χ2v) is 8.74. The average molecular weight is 335 g/mol. The Morgan fingerprint density at radius 1 is 0.833 bits per heavy atom. The van der Waals surface area contributed by atoms with Gasteiger partial charge in [0.2, 0.25) is 0 Å². The maximum absolute atomic E-state index is 2.61. The Morgan fingerprint density at radius 2 is 1.54 bits per heavy atom. The molecule has 142 valence electrons. The Morgan fingerprint density at radius 3 is 2.25 bits per heavy atom. The third-order valence-corrected chi connectivity index (χ3v) is 6.44. The van der Waals surface area contributed by atoms with Crippen molar-refractivity contribution < 1.29 is 0 Å². The van der Waals surface area contributed by atoms with E-state index in [0.717, 1.165) is 23.7 Å². The summed E-state index contributed by atoms with van der Waals surface area (Å²) in [6.07, 6.45) is 25.0. The number of hydrogen-bond acceptors (Lipinski definition) is 0. The maximum atomic E-state index is 2.61. The standard InChI is InChI=1S/C24H46/c1-5-7-9-17-23(14-6-2)20-24-18-11-8-10-15-21(3)22(4)16-12-13-19-24/h11,18,21-24H,5-10,12-17,19-20H2,1-4H3. The van der Waals surface area contributed by atoms with Gasteiger partial charge in [-0.1, -0.05) is 104 Å². The molecule has 0 spiro atoms. The van der Waals surface area contributed by atoms with Crippen LogP contribution in [0.3, 0.4) is 0 Å². The minimum atomic E-state index is 0.857. The third kappa shape index (κ3) is 9.90. The van der Waals surface area contributed by atoms with Crippen molar-refractivity contribution in [3.8, 4) is 0 Å². The molecular weight excluding hydrogens is 288 g/mol. The highest BCUT2D eigenvalue weighted by molar-refractivity contribution is 4.90. The first-order valence-corrected chi connectivity index (χ1v) is 11.3. The Labute approximate surface area is 153 Å². The Bertz CT molecular complexity index is 303. The van der Waals surface area contributed by atoms with Crippen molar-refractivity contribution in [1.29, 1.82) is 0 Å². The van der Waals surface area contributed by atoms with Crippen molar-refractivity contribution in [2.24, 2.45) is 23.7 Å². The predicted molar refractivity (Wildman–Crippen MR) is 110 cm³/mol. The SMILES string of the molecule is CCCCCC(CCC)CC1C=CCCCC(C)C(C)CCCC1. The van der Waals surface area contributed by atoms with Gasteiger partial charge in [0.05, 0.1) is 0 Å². The molecule has 0 aliphatic heterocycles. The first kappa shape index (κ1) is 21.8. The molecule has 0 saturated carbocycles. The van der Waals surface area contributed by atoms with Crippen molar-refractivity contribution in [3.63, 3.8) is 0 Å². The fourth-order valence-corrected chi connectivity index (χ4v) is 4.48. The summed E-state index contributed by atoms with van der Waals surface area (Å²) >= 11 is 0. The molecule has 0 nitrogen and oxygen atoms in total. The van der Waals surface area contributed by atoms with E-state index in [0.29, 0.717) is 0 Å². The normalized spacial score (nSPS) is 28.1. The van der Waals surface area contributed by atoms with Gasteiger partial charge < -0.3 is 0 Å². The summed E-state index contributed by atoms with van der Waals surface area (Å²) in [6, 6.07) is 0. The van der Waals surface area contributed by atoms with E-state index >= 15 is 0 Å². The van der Waals surface area contributed by atoms with E-state index in [4.69, 9.17) is 0 Å². The van der Waals surface area contributed by atoms with Gasteiger partial charge in [-0.3, -0.25) is 0 Å². The fourth-order valence-electron chi connectivity index (χ4n) is 4.48. The summed E-state index contributed by atoms with van der Waals surface area (Å²) in [4.78, 5) is 0. The monoisotopic (exact) mass is 334 g/mol. The quantitative estimate of drug-likeness (QED) is 0.308. The highest BCUT2D eigenvalue weighted by atomic mass is 14.2. The van der Waals surface area contributed by atoms with Crippen molar-refractivity contribution >= 4 is 0 Å². The molecule has 1 aliphatic rings. The van der Waals surface area contributed by atoms with Crippen LogP contribution < -0.4 is 0 Å². The molecule has 1 aliphatic carbocycles. The Kier molecular flexibility index (Phi) is 12.7. The predicted octanol–water partition coefficient (Wildman–Crippen LogP) is 8.56. The molecule has 0 aromatic heterocycles.